The van der Waals surface area contributed by atoms with Gasteiger partial charge in [-0.05, 0) is 38.3 Å². The summed E-state index contributed by atoms with van der Waals surface area (Å²) in [5.74, 6) is 0.370. The third-order valence-corrected chi connectivity index (χ3v) is 5.06. The third-order valence-electron chi connectivity index (χ3n) is 5.06. The lowest BCUT2D eigenvalue weighted by atomic mass is 9.77. The lowest BCUT2D eigenvalue weighted by Gasteiger charge is -2.34. The van der Waals surface area contributed by atoms with E-state index in [4.69, 9.17) is 0 Å². The van der Waals surface area contributed by atoms with Crippen LogP contribution in [0, 0.1) is 6.92 Å². The minimum absolute atomic E-state index is 0. The Morgan fingerprint density at radius 1 is 1.14 bits per heavy atom. The average Bonchev–Trinajstić information content (AvgIpc) is 2.84. The van der Waals surface area contributed by atoms with Crippen molar-refractivity contribution in [2.45, 2.75) is 44.4 Å². The lowest BCUT2D eigenvalue weighted by molar-refractivity contribution is -0.137. The van der Waals surface area contributed by atoms with Crippen LogP contribution in [0.3, 0.4) is 0 Å². The highest BCUT2D eigenvalue weighted by Crippen LogP contribution is 2.43. The molecule has 1 heterocycles. The van der Waals surface area contributed by atoms with Crippen molar-refractivity contribution in [3.05, 3.63) is 35.4 Å². The number of halogens is 1. The number of carbonyl (C=O) groups is 1. The Hall–Kier alpha value is -1.06. The van der Waals surface area contributed by atoms with Gasteiger partial charge in [-0.25, -0.2) is 0 Å². The highest BCUT2D eigenvalue weighted by Gasteiger charge is 2.44. The molecule has 1 N–H and O–H groups in total. The molecule has 2 aliphatic rings. The van der Waals surface area contributed by atoms with Gasteiger partial charge in [0.25, 0.3) is 0 Å². The maximum Gasteiger partial charge on any atom is 0.233 e. The van der Waals surface area contributed by atoms with E-state index in [9.17, 15) is 4.79 Å². The summed E-state index contributed by atoms with van der Waals surface area (Å²) in [4.78, 5) is 15.4. The van der Waals surface area contributed by atoms with E-state index >= 15 is 0 Å². The minimum Gasteiger partial charge on any atom is -0.341 e. The molecule has 1 aromatic carbocycles. The summed E-state index contributed by atoms with van der Waals surface area (Å²) < 4.78 is 0. The van der Waals surface area contributed by atoms with Crippen molar-refractivity contribution < 1.29 is 4.79 Å². The summed E-state index contributed by atoms with van der Waals surface area (Å²) in [5.41, 5.74) is 2.24. The second-order valence-electron chi connectivity index (χ2n) is 6.55. The molecule has 1 amide bonds. The largest absolute Gasteiger partial charge is 0.341 e. The minimum atomic E-state index is -0.254. The van der Waals surface area contributed by atoms with Crippen molar-refractivity contribution >= 4 is 18.3 Å². The van der Waals surface area contributed by atoms with E-state index in [2.05, 4.69) is 41.4 Å². The van der Waals surface area contributed by atoms with Gasteiger partial charge in [0.05, 0.1) is 5.41 Å². The summed E-state index contributed by atoms with van der Waals surface area (Å²) in [5, 5.41) is 3.39. The van der Waals surface area contributed by atoms with Crippen LogP contribution >= 0.6 is 12.4 Å². The fourth-order valence-corrected chi connectivity index (χ4v) is 3.90. The summed E-state index contributed by atoms with van der Waals surface area (Å²) in [7, 11) is 0. The number of nitrogens with zero attached hydrogens (tertiary/aromatic N) is 1. The van der Waals surface area contributed by atoms with Crippen molar-refractivity contribution in [1.82, 2.24) is 10.2 Å². The molecule has 1 saturated heterocycles. The van der Waals surface area contributed by atoms with Crippen molar-refractivity contribution in [1.29, 1.82) is 0 Å². The van der Waals surface area contributed by atoms with E-state index in [1.54, 1.807) is 0 Å². The van der Waals surface area contributed by atoms with Crippen molar-refractivity contribution in [2.24, 2.45) is 0 Å². The zero-order valence-corrected chi connectivity index (χ0v) is 14.3. The highest BCUT2D eigenvalue weighted by molar-refractivity contribution is 5.88. The van der Waals surface area contributed by atoms with E-state index in [1.807, 2.05) is 0 Å². The smallest absolute Gasteiger partial charge is 0.233 e. The molecule has 22 heavy (non-hydrogen) atoms. The molecule has 0 radical (unpaired) electrons. The van der Waals surface area contributed by atoms with Crippen LogP contribution in [0.5, 0.6) is 0 Å². The Kier molecular flexibility index (Phi) is 5.87. The Morgan fingerprint density at radius 3 is 2.64 bits per heavy atom. The molecule has 1 aliphatic carbocycles. The molecule has 1 saturated carbocycles. The second kappa shape index (κ2) is 7.47. The maximum atomic E-state index is 13.3. The first-order valence-corrected chi connectivity index (χ1v) is 8.30. The number of aryl methyl sites for hydroxylation is 1. The van der Waals surface area contributed by atoms with Gasteiger partial charge in [-0.2, -0.15) is 0 Å². The normalized spacial score (nSPS) is 21.0. The number of amides is 1. The highest BCUT2D eigenvalue weighted by atomic mass is 35.5. The van der Waals surface area contributed by atoms with Gasteiger partial charge in [0.1, 0.15) is 0 Å². The average molecular weight is 323 g/mol. The summed E-state index contributed by atoms with van der Waals surface area (Å²) in [6.07, 6.45) is 5.44. The second-order valence-corrected chi connectivity index (χ2v) is 6.55. The quantitative estimate of drug-likeness (QED) is 0.907. The van der Waals surface area contributed by atoms with Gasteiger partial charge in [-0.3, -0.25) is 4.79 Å². The fraction of sp³-hybridized carbons (Fsp3) is 0.611. The standard InChI is InChI=1S/C18H26N2O.ClH/c1-15-6-4-7-16(14-15)18(8-2-3-9-18)17(21)20-12-5-10-19-11-13-20;/h4,6-7,14,19H,2-3,5,8-13H2,1H3;1H. The van der Waals surface area contributed by atoms with E-state index in [0.29, 0.717) is 5.91 Å². The molecule has 4 heteroatoms. The van der Waals surface area contributed by atoms with Gasteiger partial charge >= 0.3 is 0 Å². The van der Waals surface area contributed by atoms with Gasteiger partial charge in [-0.1, -0.05) is 42.7 Å². The van der Waals surface area contributed by atoms with E-state index in [0.717, 1.165) is 45.4 Å². The Bertz CT molecular complexity index is 504. The molecular formula is C18H27ClN2O. The number of benzene rings is 1. The summed E-state index contributed by atoms with van der Waals surface area (Å²) in [6, 6.07) is 8.60. The van der Waals surface area contributed by atoms with Crippen molar-refractivity contribution in [3.8, 4) is 0 Å². The Labute approximate surface area is 139 Å². The molecule has 0 bridgehead atoms. The fourth-order valence-electron chi connectivity index (χ4n) is 3.90. The van der Waals surface area contributed by atoms with Crippen LogP contribution in [0.2, 0.25) is 0 Å². The molecule has 122 valence electrons. The number of rotatable bonds is 2. The first kappa shape index (κ1) is 17.3. The van der Waals surface area contributed by atoms with Crippen LogP contribution in [-0.4, -0.2) is 37.0 Å². The Morgan fingerprint density at radius 2 is 1.91 bits per heavy atom. The lowest BCUT2D eigenvalue weighted by Crippen LogP contribution is -2.46. The monoisotopic (exact) mass is 322 g/mol. The molecule has 0 atom stereocenters. The topological polar surface area (TPSA) is 32.3 Å². The van der Waals surface area contributed by atoms with Crippen molar-refractivity contribution in [3.63, 3.8) is 0 Å². The predicted molar refractivity (Wildman–Crippen MR) is 92.6 cm³/mol. The van der Waals surface area contributed by atoms with Crippen LogP contribution < -0.4 is 5.32 Å². The molecular weight excluding hydrogens is 296 g/mol. The number of hydrogen-bond acceptors (Lipinski definition) is 2. The van der Waals surface area contributed by atoms with Crippen LogP contribution in [0.15, 0.2) is 24.3 Å². The van der Waals surface area contributed by atoms with Gasteiger partial charge in [-0.15, -0.1) is 12.4 Å². The summed E-state index contributed by atoms with van der Waals surface area (Å²) in [6.45, 7) is 5.83. The van der Waals surface area contributed by atoms with Crippen molar-refractivity contribution in [2.75, 3.05) is 26.2 Å². The molecule has 3 nitrogen and oxygen atoms in total. The van der Waals surface area contributed by atoms with Crippen LogP contribution in [0.25, 0.3) is 0 Å². The van der Waals surface area contributed by atoms with E-state index in [1.165, 1.54) is 24.0 Å². The maximum absolute atomic E-state index is 13.3. The predicted octanol–water partition coefficient (Wildman–Crippen LogP) is 3.05. The van der Waals surface area contributed by atoms with Crippen LogP contribution in [0.4, 0.5) is 0 Å². The van der Waals surface area contributed by atoms with Crippen LogP contribution in [0.1, 0.15) is 43.2 Å². The van der Waals surface area contributed by atoms with Gasteiger partial charge in [0, 0.05) is 19.6 Å². The molecule has 0 unspecified atom stereocenters. The van der Waals surface area contributed by atoms with Gasteiger partial charge in [0.15, 0.2) is 0 Å². The zero-order chi connectivity index (χ0) is 14.7. The number of carbonyl (C=O) groups excluding carboxylic acids is 1. The molecule has 2 fully saturated rings. The van der Waals surface area contributed by atoms with E-state index in [-0.39, 0.29) is 17.8 Å². The molecule has 3 rings (SSSR count). The SMILES string of the molecule is Cc1cccc(C2(C(=O)N3CCCNCC3)CCCC2)c1.Cl. The third kappa shape index (κ3) is 3.31. The molecule has 0 spiro atoms. The Balaban J connectivity index is 0.00000176. The molecule has 0 aromatic heterocycles. The first-order chi connectivity index (χ1) is 10.2. The van der Waals surface area contributed by atoms with Crippen LogP contribution in [-0.2, 0) is 10.2 Å². The number of hydrogen-bond donors (Lipinski definition) is 1. The van der Waals surface area contributed by atoms with Gasteiger partial charge < -0.3 is 10.2 Å². The van der Waals surface area contributed by atoms with Gasteiger partial charge in [0.2, 0.25) is 5.91 Å². The number of nitrogens with one attached hydrogen (secondary N) is 1. The summed E-state index contributed by atoms with van der Waals surface area (Å²) >= 11 is 0. The molecule has 1 aliphatic heterocycles. The van der Waals surface area contributed by atoms with E-state index < -0.39 is 0 Å². The zero-order valence-electron chi connectivity index (χ0n) is 13.4. The molecule has 1 aromatic rings. The first-order valence-electron chi connectivity index (χ1n) is 8.30.